The van der Waals surface area contributed by atoms with Gasteiger partial charge in [0.05, 0.1) is 0 Å². The summed E-state index contributed by atoms with van der Waals surface area (Å²) in [5, 5.41) is 2.58. The zero-order valence-electron chi connectivity index (χ0n) is 9.98. The summed E-state index contributed by atoms with van der Waals surface area (Å²) < 4.78 is 0. The van der Waals surface area contributed by atoms with Gasteiger partial charge in [0.1, 0.15) is 0 Å². The van der Waals surface area contributed by atoms with Crippen LogP contribution >= 0.6 is 0 Å². The Morgan fingerprint density at radius 2 is 2.00 bits per heavy atom. The van der Waals surface area contributed by atoms with Crippen LogP contribution in [-0.4, -0.2) is 61.5 Å². The monoisotopic (exact) mass is 223 g/mol. The highest BCUT2D eigenvalue weighted by Gasteiger charge is 2.30. The fraction of sp³-hybridized carbons (Fsp3) is 0.750. The molecule has 1 aliphatic heterocycles. The smallest absolute Gasteiger partial charge is 0.243 e. The number of hydrogen-bond donors (Lipinski definition) is 1. The SMILES string of the molecule is CNC(=O)/C=C/CN1CCN(C2CC2)CC1. The molecule has 1 saturated carbocycles. The van der Waals surface area contributed by atoms with E-state index in [0.29, 0.717) is 0 Å². The van der Waals surface area contributed by atoms with Crippen LogP contribution in [0.3, 0.4) is 0 Å². The fourth-order valence-corrected chi connectivity index (χ4v) is 2.14. The minimum absolute atomic E-state index is 0.0170. The first-order chi connectivity index (χ1) is 7.79. The van der Waals surface area contributed by atoms with Gasteiger partial charge in [-0.05, 0) is 12.8 Å². The topological polar surface area (TPSA) is 35.6 Å². The van der Waals surface area contributed by atoms with E-state index >= 15 is 0 Å². The minimum atomic E-state index is -0.0170. The Balaban J connectivity index is 1.64. The number of carbonyl (C=O) groups is 1. The summed E-state index contributed by atoms with van der Waals surface area (Å²) in [4.78, 5) is 16.0. The lowest BCUT2D eigenvalue weighted by molar-refractivity contribution is -0.116. The molecule has 1 aliphatic carbocycles. The van der Waals surface area contributed by atoms with Gasteiger partial charge < -0.3 is 5.32 Å². The van der Waals surface area contributed by atoms with Crippen LogP contribution in [0, 0.1) is 0 Å². The number of rotatable bonds is 4. The molecule has 1 amide bonds. The normalized spacial score (nSPS) is 23.8. The summed E-state index contributed by atoms with van der Waals surface area (Å²) in [6, 6.07) is 0.892. The minimum Gasteiger partial charge on any atom is -0.356 e. The third-order valence-corrected chi connectivity index (χ3v) is 3.35. The molecule has 0 aromatic heterocycles. The lowest BCUT2D eigenvalue weighted by Crippen LogP contribution is -2.47. The van der Waals surface area contributed by atoms with Crippen molar-refractivity contribution in [3.8, 4) is 0 Å². The average molecular weight is 223 g/mol. The van der Waals surface area contributed by atoms with Crippen molar-refractivity contribution in [1.82, 2.24) is 15.1 Å². The highest BCUT2D eigenvalue weighted by atomic mass is 16.1. The van der Waals surface area contributed by atoms with Crippen molar-refractivity contribution in [2.75, 3.05) is 39.8 Å². The number of piperazine rings is 1. The summed E-state index contributed by atoms with van der Waals surface area (Å²) in [7, 11) is 1.65. The van der Waals surface area contributed by atoms with Crippen molar-refractivity contribution in [3.05, 3.63) is 12.2 Å². The summed E-state index contributed by atoms with van der Waals surface area (Å²) in [5.41, 5.74) is 0. The predicted octanol–water partition coefficient (Wildman–Crippen LogP) is 0.0686. The summed E-state index contributed by atoms with van der Waals surface area (Å²) in [6.45, 7) is 5.55. The number of hydrogen-bond acceptors (Lipinski definition) is 3. The van der Waals surface area contributed by atoms with Gasteiger partial charge in [-0.25, -0.2) is 0 Å². The van der Waals surface area contributed by atoms with Crippen LogP contribution in [0.5, 0.6) is 0 Å². The van der Waals surface area contributed by atoms with Gasteiger partial charge in [-0.1, -0.05) is 6.08 Å². The second kappa shape index (κ2) is 5.46. The number of amides is 1. The molecular formula is C12H21N3O. The maximum absolute atomic E-state index is 11.0. The van der Waals surface area contributed by atoms with Crippen LogP contribution in [0.4, 0.5) is 0 Å². The molecular weight excluding hydrogens is 202 g/mol. The number of nitrogens with one attached hydrogen (secondary N) is 1. The quantitative estimate of drug-likeness (QED) is 0.685. The maximum atomic E-state index is 11.0. The van der Waals surface area contributed by atoms with Crippen molar-refractivity contribution in [2.45, 2.75) is 18.9 Å². The van der Waals surface area contributed by atoms with Crippen LogP contribution in [0.15, 0.2) is 12.2 Å². The van der Waals surface area contributed by atoms with Crippen molar-refractivity contribution >= 4 is 5.91 Å². The van der Waals surface area contributed by atoms with E-state index in [9.17, 15) is 4.79 Å². The molecule has 4 nitrogen and oxygen atoms in total. The van der Waals surface area contributed by atoms with E-state index in [1.807, 2.05) is 6.08 Å². The molecule has 0 atom stereocenters. The second-order valence-corrected chi connectivity index (χ2v) is 4.58. The van der Waals surface area contributed by atoms with Crippen LogP contribution in [0.25, 0.3) is 0 Å². The van der Waals surface area contributed by atoms with Crippen LogP contribution in [-0.2, 0) is 4.79 Å². The van der Waals surface area contributed by atoms with Gasteiger partial charge >= 0.3 is 0 Å². The average Bonchev–Trinajstić information content (AvgIpc) is 3.14. The molecule has 16 heavy (non-hydrogen) atoms. The Hall–Kier alpha value is -0.870. The number of likely N-dealkylation sites (N-methyl/N-ethyl adjacent to an activating group) is 1. The number of nitrogens with zero attached hydrogens (tertiary/aromatic N) is 2. The summed E-state index contributed by atoms with van der Waals surface area (Å²) in [5.74, 6) is -0.0170. The van der Waals surface area contributed by atoms with E-state index in [0.717, 1.165) is 25.7 Å². The molecule has 2 rings (SSSR count). The highest BCUT2D eigenvalue weighted by molar-refractivity contribution is 5.87. The Kier molecular flexibility index (Phi) is 3.96. The van der Waals surface area contributed by atoms with E-state index in [4.69, 9.17) is 0 Å². The van der Waals surface area contributed by atoms with E-state index in [2.05, 4.69) is 15.1 Å². The van der Waals surface area contributed by atoms with Crippen molar-refractivity contribution in [3.63, 3.8) is 0 Å². The highest BCUT2D eigenvalue weighted by Crippen LogP contribution is 2.27. The van der Waals surface area contributed by atoms with E-state index in [-0.39, 0.29) is 5.91 Å². The molecule has 1 heterocycles. The maximum Gasteiger partial charge on any atom is 0.243 e. The lowest BCUT2D eigenvalue weighted by atomic mass is 10.3. The third-order valence-electron chi connectivity index (χ3n) is 3.35. The Morgan fingerprint density at radius 1 is 1.31 bits per heavy atom. The van der Waals surface area contributed by atoms with Crippen LogP contribution < -0.4 is 5.32 Å². The standard InChI is InChI=1S/C12H21N3O/c1-13-12(16)3-2-6-14-7-9-15(10-8-14)11-4-5-11/h2-3,11H,4-10H2,1H3,(H,13,16)/b3-2+. The first-order valence-corrected chi connectivity index (χ1v) is 6.14. The fourth-order valence-electron chi connectivity index (χ4n) is 2.14. The molecule has 1 saturated heterocycles. The molecule has 2 aliphatic rings. The zero-order chi connectivity index (χ0) is 11.4. The molecule has 0 bridgehead atoms. The molecule has 0 aromatic carbocycles. The molecule has 1 N–H and O–H groups in total. The van der Waals surface area contributed by atoms with E-state index in [1.54, 1.807) is 13.1 Å². The van der Waals surface area contributed by atoms with Crippen molar-refractivity contribution < 1.29 is 4.79 Å². The van der Waals surface area contributed by atoms with E-state index < -0.39 is 0 Å². The Morgan fingerprint density at radius 3 is 2.56 bits per heavy atom. The third kappa shape index (κ3) is 3.32. The van der Waals surface area contributed by atoms with Gasteiger partial charge in [0.25, 0.3) is 0 Å². The molecule has 2 fully saturated rings. The van der Waals surface area contributed by atoms with Crippen molar-refractivity contribution in [2.24, 2.45) is 0 Å². The lowest BCUT2D eigenvalue weighted by Gasteiger charge is -2.34. The van der Waals surface area contributed by atoms with Gasteiger partial charge in [-0.15, -0.1) is 0 Å². The molecule has 0 aromatic rings. The van der Waals surface area contributed by atoms with Gasteiger partial charge in [-0.2, -0.15) is 0 Å². The first-order valence-electron chi connectivity index (χ1n) is 6.14. The second-order valence-electron chi connectivity index (χ2n) is 4.58. The van der Waals surface area contributed by atoms with Crippen LogP contribution in [0.2, 0.25) is 0 Å². The molecule has 0 radical (unpaired) electrons. The summed E-state index contributed by atoms with van der Waals surface area (Å²) in [6.07, 6.45) is 6.37. The van der Waals surface area contributed by atoms with Gasteiger partial charge in [0.15, 0.2) is 0 Å². The zero-order valence-corrected chi connectivity index (χ0v) is 9.98. The Bertz CT molecular complexity index is 265. The largest absolute Gasteiger partial charge is 0.356 e. The Labute approximate surface area is 97.3 Å². The van der Waals surface area contributed by atoms with Gasteiger partial charge in [0.2, 0.25) is 5.91 Å². The molecule has 0 unspecified atom stereocenters. The van der Waals surface area contributed by atoms with Gasteiger partial charge in [0, 0.05) is 51.9 Å². The van der Waals surface area contributed by atoms with Gasteiger partial charge in [-0.3, -0.25) is 14.6 Å². The predicted molar refractivity (Wildman–Crippen MR) is 64.2 cm³/mol. The number of carbonyl (C=O) groups excluding carboxylic acids is 1. The van der Waals surface area contributed by atoms with Crippen molar-refractivity contribution in [1.29, 1.82) is 0 Å². The molecule has 4 heteroatoms. The summed E-state index contributed by atoms with van der Waals surface area (Å²) >= 11 is 0. The molecule has 0 spiro atoms. The molecule has 90 valence electrons. The van der Waals surface area contributed by atoms with Crippen LogP contribution in [0.1, 0.15) is 12.8 Å². The first kappa shape index (κ1) is 11.6. The van der Waals surface area contributed by atoms with E-state index in [1.165, 1.54) is 25.9 Å².